The van der Waals surface area contributed by atoms with Crippen LogP contribution in [-0.4, -0.2) is 18.5 Å². The number of ether oxygens (including phenoxy) is 1. The Bertz CT molecular complexity index is 246. The molecule has 106 valence electrons. The average molecular weight is 254 g/mol. The van der Waals surface area contributed by atoms with Gasteiger partial charge in [-0.25, -0.2) is 0 Å². The van der Waals surface area contributed by atoms with E-state index in [1.165, 1.54) is 25.7 Å². The molecule has 2 heteroatoms. The highest BCUT2D eigenvalue weighted by atomic mass is 16.5. The fourth-order valence-corrected chi connectivity index (χ4v) is 2.74. The van der Waals surface area contributed by atoms with Gasteiger partial charge in [0.05, 0.1) is 0 Å². The molecule has 1 fully saturated rings. The minimum Gasteiger partial charge on any atom is -0.370 e. The summed E-state index contributed by atoms with van der Waals surface area (Å²) in [5, 5.41) is 0. The van der Waals surface area contributed by atoms with E-state index < -0.39 is 0 Å². The molecular weight excluding hydrogens is 224 g/mol. The highest BCUT2D eigenvalue weighted by Crippen LogP contribution is 2.31. The quantitative estimate of drug-likeness (QED) is 0.674. The largest absolute Gasteiger partial charge is 0.370 e. The van der Waals surface area contributed by atoms with Gasteiger partial charge in [0.15, 0.2) is 5.78 Å². The Labute approximate surface area is 112 Å². The third-order valence-corrected chi connectivity index (χ3v) is 3.61. The zero-order chi connectivity index (χ0) is 13.6. The van der Waals surface area contributed by atoms with Crippen LogP contribution in [0.1, 0.15) is 72.6 Å². The van der Waals surface area contributed by atoms with E-state index in [2.05, 4.69) is 27.7 Å². The van der Waals surface area contributed by atoms with Gasteiger partial charge in [-0.05, 0) is 24.2 Å². The molecule has 0 spiro atoms. The second-order valence-electron chi connectivity index (χ2n) is 6.95. The van der Waals surface area contributed by atoms with Gasteiger partial charge in [0.25, 0.3) is 0 Å². The molecule has 1 unspecified atom stereocenters. The van der Waals surface area contributed by atoms with Crippen molar-refractivity contribution in [2.24, 2.45) is 11.3 Å². The lowest BCUT2D eigenvalue weighted by atomic mass is 9.86. The van der Waals surface area contributed by atoms with E-state index in [0.29, 0.717) is 18.8 Å². The number of rotatable bonds is 7. The van der Waals surface area contributed by atoms with Crippen LogP contribution < -0.4 is 0 Å². The first-order valence-electron chi connectivity index (χ1n) is 7.56. The Morgan fingerprint density at radius 3 is 2.39 bits per heavy atom. The molecule has 18 heavy (non-hydrogen) atoms. The smallest absolute Gasteiger partial charge is 0.162 e. The van der Waals surface area contributed by atoms with Gasteiger partial charge in [0.2, 0.25) is 0 Å². The van der Waals surface area contributed by atoms with E-state index in [0.717, 1.165) is 18.8 Å². The molecule has 1 aliphatic rings. The lowest BCUT2D eigenvalue weighted by Gasteiger charge is -2.24. The topological polar surface area (TPSA) is 26.3 Å². The zero-order valence-corrected chi connectivity index (χ0v) is 12.6. The third-order valence-electron chi connectivity index (χ3n) is 3.61. The molecule has 0 radical (unpaired) electrons. The van der Waals surface area contributed by atoms with Crippen molar-refractivity contribution in [1.29, 1.82) is 0 Å². The number of carbonyl (C=O) groups is 1. The standard InChI is InChI=1S/C16H30O2/c1-5-10-18-15(11-13-8-6-7-9-13)14(17)12-16(2,3)4/h13,15H,5-12H2,1-4H3. The lowest BCUT2D eigenvalue weighted by molar-refractivity contribution is -0.133. The number of Topliss-reactive ketones (excluding diaryl/α,β-unsaturated/α-hetero) is 1. The molecule has 1 rings (SSSR count). The van der Waals surface area contributed by atoms with Gasteiger partial charge in [-0.1, -0.05) is 53.4 Å². The second kappa shape index (κ2) is 7.28. The van der Waals surface area contributed by atoms with Gasteiger partial charge in [0.1, 0.15) is 6.10 Å². The fourth-order valence-electron chi connectivity index (χ4n) is 2.74. The maximum Gasteiger partial charge on any atom is 0.162 e. The first-order chi connectivity index (χ1) is 8.42. The van der Waals surface area contributed by atoms with Crippen LogP contribution in [0.5, 0.6) is 0 Å². The fraction of sp³-hybridized carbons (Fsp3) is 0.938. The summed E-state index contributed by atoms with van der Waals surface area (Å²) in [7, 11) is 0. The van der Waals surface area contributed by atoms with E-state index in [9.17, 15) is 4.79 Å². The molecule has 1 atom stereocenters. The normalized spacial score (nSPS) is 19.1. The van der Waals surface area contributed by atoms with E-state index in [4.69, 9.17) is 4.74 Å². The van der Waals surface area contributed by atoms with Crippen molar-refractivity contribution in [3.05, 3.63) is 0 Å². The molecule has 2 nitrogen and oxygen atoms in total. The van der Waals surface area contributed by atoms with Gasteiger partial charge >= 0.3 is 0 Å². The SMILES string of the molecule is CCCOC(CC1CCCC1)C(=O)CC(C)(C)C. The monoisotopic (exact) mass is 254 g/mol. The van der Waals surface area contributed by atoms with Crippen molar-refractivity contribution in [2.75, 3.05) is 6.61 Å². The van der Waals surface area contributed by atoms with Gasteiger partial charge in [-0.3, -0.25) is 4.79 Å². The summed E-state index contributed by atoms with van der Waals surface area (Å²) in [6, 6.07) is 0. The van der Waals surface area contributed by atoms with E-state index in [1.807, 2.05) is 0 Å². The molecule has 0 aromatic heterocycles. The first kappa shape index (κ1) is 15.7. The molecular formula is C16H30O2. The molecule has 0 bridgehead atoms. The maximum absolute atomic E-state index is 12.3. The number of hydrogen-bond donors (Lipinski definition) is 0. The van der Waals surface area contributed by atoms with Crippen LogP contribution in [0.15, 0.2) is 0 Å². The van der Waals surface area contributed by atoms with Crippen LogP contribution in [-0.2, 0) is 9.53 Å². The van der Waals surface area contributed by atoms with Crippen LogP contribution in [0, 0.1) is 11.3 Å². The van der Waals surface area contributed by atoms with Crippen LogP contribution in [0.4, 0.5) is 0 Å². The van der Waals surface area contributed by atoms with Crippen LogP contribution in [0.2, 0.25) is 0 Å². The van der Waals surface area contributed by atoms with Crippen molar-refractivity contribution in [2.45, 2.75) is 78.7 Å². The molecule has 0 N–H and O–H groups in total. The Morgan fingerprint density at radius 2 is 1.89 bits per heavy atom. The van der Waals surface area contributed by atoms with Crippen molar-refractivity contribution < 1.29 is 9.53 Å². The summed E-state index contributed by atoms with van der Waals surface area (Å²) in [4.78, 5) is 12.3. The predicted octanol–water partition coefficient (Wildman–Crippen LogP) is 4.37. The summed E-state index contributed by atoms with van der Waals surface area (Å²) in [5.41, 5.74) is 0.0700. The maximum atomic E-state index is 12.3. The van der Waals surface area contributed by atoms with E-state index in [-0.39, 0.29) is 11.5 Å². The molecule has 0 amide bonds. The second-order valence-corrected chi connectivity index (χ2v) is 6.95. The van der Waals surface area contributed by atoms with Crippen molar-refractivity contribution in [1.82, 2.24) is 0 Å². The molecule has 0 aromatic carbocycles. The molecule has 0 aliphatic heterocycles. The lowest BCUT2D eigenvalue weighted by Crippen LogP contribution is -2.30. The van der Waals surface area contributed by atoms with Gasteiger partial charge < -0.3 is 4.74 Å². The summed E-state index contributed by atoms with van der Waals surface area (Å²) in [6.45, 7) is 9.18. The van der Waals surface area contributed by atoms with Gasteiger partial charge in [0, 0.05) is 13.0 Å². The summed E-state index contributed by atoms with van der Waals surface area (Å²) < 4.78 is 5.81. The van der Waals surface area contributed by atoms with Gasteiger partial charge in [-0.15, -0.1) is 0 Å². The van der Waals surface area contributed by atoms with Crippen molar-refractivity contribution in [3.8, 4) is 0 Å². The average Bonchev–Trinajstić information content (AvgIpc) is 2.74. The minimum absolute atomic E-state index is 0.0700. The van der Waals surface area contributed by atoms with E-state index >= 15 is 0 Å². The highest BCUT2D eigenvalue weighted by Gasteiger charge is 2.28. The predicted molar refractivity (Wildman–Crippen MR) is 75.7 cm³/mol. The van der Waals surface area contributed by atoms with Crippen LogP contribution >= 0.6 is 0 Å². The third kappa shape index (κ3) is 5.99. The van der Waals surface area contributed by atoms with Crippen LogP contribution in [0.3, 0.4) is 0 Å². The Hall–Kier alpha value is -0.370. The summed E-state index contributed by atoms with van der Waals surface area (Å²) >= 11 is 0. The number of carbonyl (C=O) groups excluding carboxylic acids is 1. The first-order valence-corrected chi connectivity index (χ1v) is 7.56. The summed E-state index contributed by atoms with van der Waals surface area (Å²) in [5.74, 6) is 1.03. The van der Waals surface area contributed by atoms with E-state index in [1.54, 1.807) is 0 Å². The number of ketones is 1. The molecule has 0 saturated heterocycles. The molecule has 0 heterocycles. The highest BCUT2D eigenvalue weighted by molar-refractivity contribution is 5.83. The van der Waals surface area contributed by atoms with Crippen LogP contribution in [0.25, 0.3) is 0 Å². The Kier molecular flexibility index (Phi) is 6.34. The summed E-state index contributed by atoms with van der Waals surface area (Å²) in [6.07, 6.45) is 7.67. The minimum atomic E-state index is -0.146. The zero-order valence-electron chi connectivity index (χ0n) is 12.6. The van der Waals surface area contributed by atoms with Crippen molar-refractivity contribution in [3.63, 3.8) is 0 Å². The van der Waals surface area contributed by atoms with Gasteiger partial charge in [-0.2, -0.15) is 0 Å². The Morgan fingerprint density at radius 1 is 1.28 bits per heavy atom. The Balaban J connectivity index is 2.50. The molecule has 1 aliphatic carbocycles. The van der Waals surface area contributed by atoms with Crippen molar-refractivity contribution >= 4 is 5.78 Å². The molecule has 0 aromatic rings. The molecule has 1 saturated carbocycles. The number of hydrogen-bond acceptors (Lipinski definition) is 2.